The number of hydrogen-bond acceptors (Lipinski definition) is 2. The third-order valence-corrected chi connectivity index (χ3v) is 5.42. The smallest absolute Gasteiger partial charge is 0.326 e. The number of fused-ring (bicyclic) bond motifs is 1. The van der Waals surface area contributed by atoms with E-state index in [4.69, 9.17) is 0 Å². The minimum absolute atomic E-state index is 0.0682. The van der Waals surface area contributed by atoms with Gasteiger partial charge in [-0.2, -0.15) is 0 Å². The fraction of sp³-hybridized carbons (Fsp3) is 0.263. The van der Waals surface area contributed by atoms with Gasteiger partial charge in [0.15, 0.2) is 0 Å². The third kappa shape index (κ3) is 3.63. The van der Waals surface area contributed by atoms with Crippen molar-refractivity contribution in [2.24, 2.45) is 0 Å². The number of imidazole rings is 1. The van der Waals surface area contributed by atoms with E-state index in [0.29, 0.717) is 13.1 Å². The van der Waals surface area contributed by atoms with Crippen LogP contribution in [0.5, 0.6) is 0 Å². The fourth-order valence-corrected chi connectivity index (χ4v) is 3.42. The minimum atomic E-state index is -0.0973. The highest BCUT2D eigenvalue weighted by molar-refractivity contribution is 14.1. The van der Waals surface area contributed by atoms with E-state index >= 15 is 0 Å². The van der Waals surface area contributed by atoms with Crippen LogP contribution in [0.4, 0.5) is 5.69 Å². The monoisotopic (exact) mass is 449 g/mol. The summed E-state index contributed by atoms with van der Waals surface area (Å²) >= 11 is 2.25. The number of nitrogens with zero attached hydrogens (tertiary/aromatic N) is 2. The Balaban J connectivity index is 1.76. The SMILES string of the molecule is CCn1c(=O)n(CCC(=O)Nc2ccc(C)c(I)c2)c2ccccc21. The number of rotatable bonds is 5. The number of nitrogens with one attached hydrogen (secondary N) is 1. The molecule has 2 aromatic carbocycles. The van der Waals surface area contributed by atoms with Crippen LogP contribution in [0.1, 0.15) is 18.9 Å². The van der Waals surface area contributed by atoms with Crippen molar-refractivity contribution in [1.82, 2.24) is 9.13 Å². The number of benzene rings is 2. The van der Waals surface area contributed by atoms with Gasteiger partial charge in [0.25, 0.3) is 0 Å². The van der Waals surface area contributed by atoms with Gasteiger partial charge in [-0.1, -0.05) is 18.2 Å². The van der Waals surface area contributed by atoms with E-state index in [2.05, 4.69) is 27.9 Å². The van der Waals surface area contributed by atoms with Crippen molar-refractivity contribution in [3.8, 4) is 0 Å². The maximum absolute atomic E-state index is 12.6. The van der Waals surface area contributed by atoms with Crippen molar-refractivity contribution < 1.29 is 4.79 Å². The lowest BCUT2D eigenvalue weighted by Gasteiger charge is -2.08. The third-order valence-electron chi connectivity index (χ3n) is 4.26. The Morgan fingerprint density at radius 3 is 2.44 bits per heavy atom. The fourth-order valence-electron chi connectivity index (χ4n) is 2.90. The van der Waals surface area contributed by atoms with Gasteiger partial charge in [-0.15, -0.1) is 0 Å². The number of aromatic nitrogens is 2. The van der Waals surface area contributed by atoms with Crippen molar-refractivity contribution >= 4 is 45.2 Å². The van der Waals surface area contributed by atoms with Gasteiger partial charge >= 0.3 is 5.69 Å². The quantitative estimate of drug-likeness (QED) is 0.604. The predicted octanol–water partition coefficient (Wildman–Crippen LogP) is 3.76. The normalized spacial score (nSPS) is 11.0. The highest BCUT2D eigenvalue weighted by atomic mass is 127. The van der Waals surface area contributed by atoms with E-state index in [1.165, 1.54) is 5.56 Å². The molecule has 1 heterocycles. The lowest BCUT2D eigenvalue weighted by Crippen LogP contribution is -2.25. The van der Waals surface area contributed by atoms with Crippen LogP contribution in [0.25, 0.3) is 11.0 Å². The predicted molar refractivity (Wildman–Crippen MR) is 109 cm³/mol. The minimum Gasteiger partial charge on any atom is -0.326 e. The zero-order chi connectivity index (χ0) is 18.0. The molecule has 0 spiro atoms. The second-order valence-electron chi connectivity index (χ2n) is 5.93. The second kappa shape index (κ2) is 7.43. The van der Waals surface area contributed by atoms with Crippen LogP contribution in [-0.2, 0) is 17.9 Å². The average molecular weight is 449 g/mol. The number of carbonyl (C=O) groups excluding carboxylic acids is 1. The molecule has 0 saturated heterocycles. The van der Waals surface area contributed by atoms with Gasteiger partial charge < -0.3 is 5.32 Å². The van der Waals surface area contributed by atoms with Crippen molar-refractivity contribution in [2.75, 3.05) is 5.32 Å². The molecule has 3 aromatic rings. The number of halogens is 1. The van der Waals surface area contributed by atoms with Gasteiger partial charge in [0, 0.05) is 28.8 Å². The van der Waals surface area contributed by atoms with Crippen LogP contribution in [0.3, 0.4) is 0 Å². The number of amides is 1. The Labute approximate surface area is 159 Å². The Kier molecular flexibility index (Phi) is 5.27. The molecule has 130 valence electrons. The van der Waals surface area contributed by atoms with Crippen LogP contribution in [0.2, 0.25) is 0 Å². The first-order chi connectivity index (χ1) is 12.0. The van der Waals surface area contributed by atoms with Gasteiger partial charge in [0.2, 0.25) is 5.91 Å². The molecular weight excluding hydrogens is 429 g/mol. The van der Waals surface area contributed by atoms with Gasteiger partial charge in [-0.05, 0) is 66.3 Å². The molecule has 1 amide bonds. The van der Waals surface area contributed by atoms with E-state index < -0.39 is 0 Å². The largest absolute Gasteiger partial charge is 0.329 e. The summed E-state index contributed by atoms with van der Waals surface area (Å²) in [5.41, 5.74) is 3.66. The van der Waals surface area contributed by atoms with E-state index in [-0.39, 0.29) is 18.0 Å². The van der Waals surface area contributed by atoms with Gasteiger partial charge in [-0.25, -0.2) is 4.79 Å². The highest BCUT2D eigenvalue weighted by Crippen LogP contribution is 2.17. The van der Waals surface area contributed by atoms with Crippen molar-refractivity contribution in [1.29, 1.82) is 0 Å². The summed E-state index contributed by atoms with van der Waals surface area (Å²) < 4.78 is 4.52. The number of anilines is 1. The summed E-state index contributed by atoms with van der Waals surface area (Å²) in [6.45, 7) is 4.95. The van der Waals surface area contributed by atoms with Crippen molar-refractivity contribution in [3.05, 3.63) is 62.1 Å². The molecule has 25 heavy (non-hydrogen) atoms. The van der Waals surface area contributed by atoms with E-state index in [1.807, 2.05) is 56.3 Å². The molecule has 0 fully saturated rings. The van der Waals surface area contributed by atoms with Crippen LogP contribution in [0.15, 0.2) is 47.3 Å². The molecule has 0 aliphatic carbocycles. The number of carbonyl (C=O) groups is 1. The molecule has 0 aliphatic heterocycles. The molecule has 0 radical (unpaired) electrons. The topological polar surface area (TPSA) is 56.0 Å². The summed E-state index contributed by atoms with van der Waals surface area (Å²) in [6, 6.07) is 13.5. The molecule has 6 heteroatoms. The molecule has 1 N–H and O–H groups in total. The molecule has 1 aromatic heterocycles. The maximum Gasteiger partial charge on any atom is 0.329 e. The maximum atomic E-state index is 12.6. The molecule has 0 aliphatic rings. The molecule has 0 bridgehead atoms. The van der Waals surface area contributed by atoms with Crippen molar-refractivity contribution in [3.63, 3.8) is 0 Å². The lowest BCUT2D eigenvalue weighted by molar-refractivity contribution is -0.116. The summed E-state index contributed by atoms with van der Waals surface area (Å²) in [4.78, 5) is 24.8. The average Bonchev–Trinajstić information content (AvgIpc) is 2.87. The van der Waals surface area contributed by atoms with Crippen LogP contribution in [-0.4, -0.2) is 15.0 Å². The van der Waals surface area contributed by atoms with Crippen LogP contribution >= 0.6 is 22.6 Å². The number of hydrogen-bond donors (Lipinski definition) is 1. The second-order valence-corrected chi connectivity index (χ2v) is 7.09. The van der Waals surface area contributed by atoms with E-state index in [0.717, 1.165) is 20.3 Å². The Morgan fingerprint density at radius 2 is 1.80 bits per heavy atom. The standard InChI is InChI=1S/C19H20IN3O2/c1-3-22-16-6-4-5-7-17(16)23(19(22)25)11-10-18(24)21-14-9-8-13(2)15(20)12-14/h4-9,12H,3,10-11H2,1-2H3,(H,21,24). The van der Waals surface area contributed by atoms with Gasteiger partial charge in [-0.3, -0.25) is 13.9 Å². The summed E-state index contributed by atoms with van der Waals surface area (Å²) in [6.07, 6.45) is 0.252. The Morgan fingerprint density at radius 1 is 1.12 bits per heavy atom. The first kappa shape index (κ1) is 17.7. The van der Waals surface area contributed by atoms with E-state index in [1.54, 1.807) is 9.13 Å². The summed E-state index contributed by atoms with van der Waals surface area (Å²) in [7, 11) is 0. The van der Waals surface area contributed by atoms with Crippen molar-refractivity contribution in [2.45, 2.75) is 33.4 Å². The van der Waals surface area contributed by atoms with Crippen LogP contribution < -0.4 is 11.0 Å². The van der Waals surface area contributed by atoms with Gasteiger partial charge in [0.05, 0.1) is 11.0 Å². The summed E-state index contributed by atoms with van der Waals surface area (Å²) in [5.74, 6) is -0.0973. The number of aryl methyl sites for hydroxylation is 3. The van der Waals surface area contributed by atoms with Gasteiger partial charge in [0.1, 0.15) is 0 Å². The summed E-state index contributed by atoms with van der Waals surface area (Å²) in [5, 5.41) is 2.90. The molecular formula is C19H20IN3O2. The lowest BCUT2D eigenvalue weighted by atomic mass is 10.2. The molecule has 0 atom stereocenters. The first-order valence-electron chi connectivity index (χ1n) is 8.25. The molecule has 5 nitrogen and oxygen atoms in total. The highest BCUT2D eigenvalue weighted by Gasteiger charge is 2.13. The molecule has 0 saturated carbocycles. The zero-order valence-electron chi connectivity index (χ0n) is 14.3. The zero-order valence-corrected chi connectivity index (χ0v) is 16.4. The first-order valence-corrected chi connectivity index (χ1v) is 9.33. The number of para-hydroxylation sites is 2. The molecule has 0 unspecified atom stereocenters. The Hall–Kier alpha value is -2.09. The molecule has 3 rings (SSSR count). The van der Waals surface area contributed by atoms with E-state index in [9.17, 15) is 9.59 Å². The Bertz CT molecular complexity index is 988. The van der Waals surface area contributed by atoms with Crippen LogP contribution in [0, 0.1) is 10.5 Å².